The fourth-order valence-electron chi connectivity index (χ4n) is 4.89. The topological polar surface area (TPSA) is 57.7 Å². The minimum Gasteiger partial charge on any atom is -0.359 e. The van der Waals surface area contributed by atoms with E-state index < -0.39 is 17.9 Å². The molecule has 5 rings (SSSR count). The van der Waals surface area contributed by atoms with Crippen molar-refractivity contribution in [2.24, 2.45) is 11.8 Å². The van der Waals surface area contributed by atoms with Crippen LogP contribution >= 0.6 is 11.6 Å². The lowest BCUT2D eigenvalue weighted by atomic mass is 9.84. The largest absolute Gasteiger partial charge is 0.359 e. The molecule has 0 unspecified atom stereocenters. The monoisotopic (exact) mass is 392 g/mol. The molecule has 6 heteroatoms. The number of rotatable bonds is 2. The number of halogens is 1. The van der Waals surface area contributed by atoms with Crippen molar-refractivity contribution in [3.05, 3.63) is 70.9 Å². The van der Waals surface area contributed by atoms with Gasteiger partial charge in [0.2, 0.25) is 11.8 Å². The number of carbonyl (C=O) groups excluding carboxylic acids is 3. The molecule has 0 radical (unpaired) electrons. The Hall–Kier alpha value is -2.92. The van der Waals surface area contributed by atoms with Crippen LogP contribution in [0.3, 0.4) is 0 Å². The average Bonchev–Trinajstić information content (AvgIpc) is 3.15. The van der Waals surface area contributed by atoms with Crippen molar-refractivity contribution in [2.45, 2.75) is 19.0 Å². The zero-order valence-electron chi connectivity index (χ0n) is 15.1. The molecule has 2 saturated heterocycles. The number of ketones is 1. The number of carbonyl (C=O) groups is 3. The Bertz CT molecular complexity index is 1060. The SMILES string of the molecule is CC(=O)[C@H]1[C@@H]2C(=O)N(c3cccc(Cl)c3)C(=O)[C@@H]2[C@H]2c3ccccc3C=CN21. The molecule has 2 amide bonds. The maximum atomic E-state index is 13.4. The van der Waals surface area contributed by atoms with Crippen LogP contribution in [0, 0.1) is 11.8 Å². The van der Waals surface area contributed by atoms with Gasteiger partial charge in [-0.25, -0.2) is 4.90 Å². The highest BCUT2D eigenvalue weighted by Gasteiger charge is 2.63. The summed E-state index contributed by atoms with van der Waals surface area (Å²) >= 11 is 6.08. The Labute approximate surface area is 167 Å². The summed E-state index contributed by atoms with van der Waals surface area (Å²) in [5, 5.41) is 0.450. The summed E-state index contributed by atoms with van der Waals surface area (Å²) in [6.07, 6.45) is 3.79. The normalized spacial score (nSPS) is 27.6. The number of amides is 2. The van der Waals surface area contributed by atoms with Gasteiger partial charge in [0, 0.05) is 11.2 Å². The van der Waals surface area contributed by atoms with Crippen molar-refractivity contribution < 1.29 is 14.4 Å². The van der Waals surface area contributed by atoms with E-state index >= 15 is 0 Å². The zero-order valence-corrected chi connectivity index (χ0v) is 15.8. The predicted octanol–water partition coefficient (Wildman–Crippen LogP) is 3.44. The van der Waals surface area contributed by atoms with Gasteiger partial charge in [-0.05, 0) is 42.3 Å². The summed E-state index contributed by atoms with van der Waals surface area (Å²) in [5.41, 5.74) is 2.43. The molecule has 4 atom stereocenters. The molecule has 3 aliphatic rings. The third-order valence-corrected chi connectivity index (χ3v) is 6.18. The van der Waals surface area contributed by atoms with E-state index in [2.05, 4.69) is 0 Å². The highest BCUT2D eigenvalue weighted by Crippen LogP contribution is 2.53. The molecule has 2 aromatic rings. The summed E-state index contributed by atoms with van der Waals surface area (Å²) in [4.78, 5) is 42.4. The van der Waals surface area contributed by atoms with Gasteiger partial charge in [-0.15, -0.1) is 0 Å². The molecule has 140 valence electrons. The molecule has 2 fully saturated rings. The lowest BCUT2D eigenvalue weighted by molar-refractivity contribution is -0.129. The minimum atomic E-state index is -0.704. The van der Waals surface area contributed by atoms with Crippen LogP contribution in [0.25, 0.3) is 6.08 Å². The van der Waals surface area contributed by atoms with Gasteiger partial charge in [0.15, 0.2) is 5.78 Å². The molecular formula is C22H17ClN2O3. The van der Waals surface area contributed by atoms with E-state index in [0.29, 0.717) is 10.7 Å². The van der Waals surface area contributed by atoms with Crippen molar-refractivity contribution >= 4 is 41.0 Å². The molecule has 0 aliphatic carbocycles. The molecule has 0 bridgehead atoms. The summed E-state index contributed by atoms with van der Waals surface area (Å²) < 4.78 is 0. The third-order valence-electron chi connectivity index (χ3n) is 5.94. The summed E-state index contributed by atoms with van der Waals surface area (Å²) in [6, 6.07) is 13.5. The van der Waals surface area contributed by atoms with Crippen LogP contribution in [0.15, 0.2) is 54.7 Å². The number of nitrogens with zero attached hydrogens (tertiary/aromatic N) is 2. The molecular weight excluding hydrogens is 376 g/mol. The van der Waals surface area contributed by atoms with E-state index in [9.17, 15) is 14.4 Å². The maximum Gasteiger partial charge on any atom is 0.240 e. The molecule has 2 aromatic carbocycles. The van der Waals surface area contributed by atoms with Gasteiger partial charge in [0.1, 0.15) is 0 Å². The summed E-state index contributed by atoms with van der Waals surface area (Å²) in [6.45, 7) is 1.48. The van der Waals surface area contributed by atoms with Gasteiger partial charge in [0.05, 0.1) is 29.6 Å². The summed E-state index contributed by atoms with van der Waals surface area (Å²) in [5.74, 6) is -2.04. The molecule has 3 aliphatic heterocycles. The van der Waals surface area contributed by atoms with Crippen LogP contribution in [0.5, 0.6) is 0 Å². The van der Waals surface area contributed by atoms with Crippen LogP contribution in [0.4, 0.5) is 5.69 Å². The third kappa shape index (κ3) is 2.23. The average molecular weight is 393 g/mol. The van der Waals surface area contributed by atoms with Crippen LogP contribution in [-0.2, 0) is 14.4 Å². The highest BCUT2D eigenvalue weighted by molar-refractivity contribution is 6.31. The van der Waals surface area contributed by atoms with E-state index in [1.807, 2.05) is 41.4 Å². The first kappa shape index (κ1) is 17.2. The Kier molecular flexibility index (Phi) is 3.71. The van der Waals surface area contributed by atoms with Crippen LogP contribution in [-0.4, -0.2) is 28.5 Å². The van der Waals surface area contributed by atoms with Gasteiger partial charge >= 0.3 is 0 Å². The number of imide groups is 1. The number of hydrogen-bond donors (Lipinski definition) is 0. The smallest absolute Gasteiger partial charge is 0.240 e. The van der Waals surface area contributed by atoms with Gasteiger partial charge in [-0.3, -0.25) is 14.4 Å². The number of hydrogen-bond acceptors (Lipinski definition) is 4. The maximum absolute atomic E-state index is 13.4. The first-order valence-electron chi connectivity index (χ1n) is 9.17. The fourth-order valence-corrected chi connectivity index (χ4v) is 5.08. The van der Waals surface area contributed by atoms with Crippen molar-refractivity contribution in [3.63, 3.8) is 0 Å². The quantitative estimate of drug-likeness (QED) is 0.734. The van der Waals surface area contributed by atoms with E-state index in [0.717, 1.165) is 11.1 Å². The standard InChI is InChI=1S/C22H17ClN2O3/c1-12(26)19-17-18(20-16-8-3-2-5-13(16)9-10-24(19)20)22(28)25(21(17)27)15-7-4-6-14(23)11-15/h2-11,17-20H,1H3/t17-,18+,19+,20-/m1/s1. The van der Waals surface area contributed by atoms with E-state index in [-0.39, 0.29) is 23.6 Å². The van der Waals surface area contributed by atoms with Gasteiger partial charge in [-0.1, -0.05) is 41.9 Å². The summed E-state index contributed by atoms with van der Waals surface area (Å²) in [7, 11) is 0. The van der Waals surface area contributed by atoms with E-state index in [1.54, 1.807) is 24.3 Å². The number of fused-ring (bicyclic) bond motifs is 5. The van der Waals surface area contributed by atoms with Crippen LogP contribution in [0.2, 0.25) is 5.02 Å². The van der Waals surface area contributed by atoms with Gasteiger partial charge < -0.3 is 4.90 Å². The first-order valence-corrected chi connectivity index (χ1v) is 9.55. The van der Waals surface area contributed by atoms with Crippen molar-refractivity contribution in [3.8, 4) is 0 Å². The molecule has 5 nitrogen and oxygen atoms in total. The molecule has 0 aromatic heterocycles. The van der Waals surface area contributed by atoms with Crippen molar-refractivity contribution in [1.82, 2.24) is 4.90 Å². The van der Waals surface area contributed by atoms with Crippen LogP contribution in [0.1, 0.15) is 24.1 Å². The fraction of sp³-hybridized carbons (Fsp3) is 0.227. The molecule has 0 saturated carbocycles. The van der Waals surface area contributed by atoms with E-state index in [4.69, 9.17) is 11.6 Å². The zero-order chi connectivity index (χ0) is 19.6. The number of benzene rings is 2. The van der Waals surface area contributed by atoms with Crippen molar-refractivity contribution in [1.29, 1.82) is 0 Å². The Balaban J connectivity index is 1.66. The molecule has 28 heavy (non-hydrogen) atoms. The minimum absolute atomic E-state index is 0.115. The highest BCUT2D eigenvalue weighted by atomic mass is 35.5. The van der Waals surface area contributed by atoms with Gasteiger partial charge in [-0.2, -0.15) is 0 Å². The Morgan fingerprint density at radius 1 is 1.00 bits per heavy atom. The first-order chi connectivity index (χ1) is 13.5. The van der Waals surface area contributed by atoms with E-state index in [1.165, 1.54) is 11.8 Å². The van der Waals surface area contributed by atoms with Crippen LogP contribution < -0.4 is 4.90 Å². The second-order valence-electron chi connectivity index (χ2n) is 7.44. The van der Waals surface area contributed by atoms with Crippen molar-refractivity contribution in [2.75, 3.05) is 4.90 Å². The Morgan fingerprint density at radius 2 is 1.75 bits per heavy atom. The number of Topliss-reactive ketones (excluding diaryl/α,β-unsaturated/α-hetero) is 1. The number of anilines is 1. The lowest BCUT2D eigenvalue weighted by Gasteiger charge is -2.34. The second-order valence-corrected chi connectivity index (χ2v) is 7.87. The van der Waals surface area contributed by atoms with Gasteiger partial charge in [0.25, 0.3) is 0 Å². The Morgan fingerprint density at radius 3 is 2.50 bits per heavy atom. The molecule has 3 heterocycles. The molecule has 0 spiro atoms. The predicted molar refractivity (Wildman–Crippen MR) is 105 cm³/mol. The molecule has 0 N–H and O–H groups in total. The second kappa shape index (κ2) is 6.04. The lowest BCUT2D eigenvalue weighted by Crippen LogP contribution is -2.43.